The highest BCUT2D eigenvalue weighted by Gasteiger charge is 2.34. The number of benzene rings is 1. The van der Waals surface area contributed by atoms with Gasteiger partial charge in [0.15, 0.2) is 17.3 Å². The third kappa shape index (κ3) is 5.33. The predicted molar refractivity (Wildman–Crippen MR) is 128 cm³/mol. The summed E-state index contributed by atoms with van der Waals surface area (Å²) >= 11 is 1.65. The molecule has 3 aromatic rings. The largest absolute Gasteiger partial charge is 0.488 e. The van der Waals surface area contributed by atoms with Gasteiger partial charge >= 0.3 is 0 Å². The Hall–Kier alpha value is -3.13. The van der Waals surface area contributed by atoms with E-state index in [9.17, 15) is 14.0 Å². The molecular weight excluding hydrogens is 455 g/mol. The fourth-order valence-corrected chi connectivity index (χ4v) is 5.07. The minimum absolute atomic E-state index is 0.0560. The van der Waals surface area contributed by atoms with Crippen molar-refractivity contribution < 1.29 is 23.1 Å². The Labute approximate surface area is 202 Å². The Bertz CT molecular complexity index is 1110. The molecule has 0 bridgehead atoms. The number of ether oxygens (including phenoxy) is 1. The monoisotopic (exact) mass is 484 g/mol. The van der Waals surface area contributed by atoms with Gasteiger partial charge in [0.25, 0.3) is 5.91 Å². The number of hydrogen-bond donors (Lipinski definition) is 0. The van der Waals surface area contributed by atoms with Gasteiger partial charge in [-0.3, -0.25) is 9.59 Å². The van der Waals surface area contributed by atoms with Crippen molar-refractivity contribution in [2.75, 3.05) is 26.2 Å². The number of hydrogen-bond acceptors (Lipinski definition) is 5. The quantitative estimate of drug-likeness (QED) is 0.420. The van der Waals surface area contributed by atoms with E-state index in [2.05, 4.69) is 13.8 Å². The van der Waals surface area contributed by atoms with Crippen molar-refractivity contribution in [3.63, 3.8) is 0 Å². The topological polar surface area (TPSA) is 63.0 Å². The molecule has 0 fully saturated rings. The number of thiophene rings is 1. The number of nitrogens with zero attached hydrogens (tertiary/aromatic N) is 2. The van der Waals surface area contributed by atoms with Crippen LogP contribution in [0.15, 0.2) is 58.5 Å². The lowest BCUT2D eigenvalue weighted by Gasteiger charge is -2.37. The summed E-state index contributed by atoms with van der Waals surface area (Å²) in [4.78, 5) is 31.1. The van der Waals surface area contributed by atoms with Gasteiger partial charge in [0, 0.05) is 18.0 Å². The summed E-state index contributed by atoms with van der Waals surface area (Å²) in [7, 11) is 0. The van der Waals surface area contributed by atoms with Crippen molar-refractivity contribution >= 4 is 23.2 Å². The standard InChI is InChI=1S/C26H29FN2O4S/c1-3-18(2)15-28(26(31)23-9-6-13-32-23)16-25(30)29-12-10-24-19(11-14-34-24)21(29)17-33-22-8-5-4-7-20(22)27/h4-9,11,13-14,18,21H,3,10,12,15-17H2,1-2H3. The maximum absolute atomic E-state index is 14.1. The molecule has 0 aliphatic carbocycles. The Morgan fingerprint density at radius 3 is 2.82 bits per heavy atom. The van der Waals surface area contributed by atoms with E-state index in [0.29, 0.717) is 13.1 Å². The number of halogens is 1. The lowest BCUT2D eigenvalue weighted by Crippen LogP contribution is -2.48. The number of fused-ring (bicyclic) bond motifs is 1. The van der Waals surface area contributed by atoms with Crippen molar-refractivity contribution in [2.24, 2.45) is 5.92 Å². The normalized spacial score (nSPS) is 16.1. The highest BCUT2D eigenvalue weighted by molar-refractivity contribution is 7.10. The second-order valence-corrected chi connectivity index (χ2v) is 9.57. The number of carbonyl (C=O) groups excluding carboxylic acids is 2. The smallest absolute Gasteiger partial charge is 0.290 e. The zero-order valence-corrected chi connectivity index (χ0v) is 20.2. The lowest BCUT2D eigenvalue weighted by atomic mass is 10.00. The molecule has 0 N–H and O–H groups in total. The highest BCUT2D eigenvalue weighted by atomic mass is 32.1. The molecule has 1 aliphatic heterocycles. The van der Waals surface area contributed by atoms with Crippen LogP contribution in [-0.4, -0.2) is 47.9 Å². The molecule has 0 radical (unpaired) electrons. The van der Waals surface area contributed by atoms with E-state index in [1.54, 1.807) is 51.5 Å². The molecule has 34 heavy (non-hydrogen) atoms. The van der Waals surface area contributed by atoms with Crippen LogP contribution in [-0.2, 0) is 11.2 Å². The molecule has 6 nitrogen and oxygen atoms in total. The number of rotatable bonds is 9. The molecule has 2 atom stereocenters. The van der Waals surface area contributed by atoms with Crippen LogP contribution in [0.2, 0.25) is 0 Å². The van der Waals surface area contributed by atoms with Crippen molar-refractivity contribution in [1.29, 1.82) is 0 Å². The molecule has 1 aliphatic rings. The van der Waals surface area contributed by atoms with Gasteiger partial charge in [0.1, 0.15) is 13.2 Å². The van der Waals surface area contributed by atoms with Gasteiger partial charge in [-0.15, -0.1) is 11.3 Å². The minimum Gasteiger partial charge on any atom is -0.488 e. The van der Waals surface area contributed by atoms with Crippen molar-refractivity contribution in [3.8, 4) is 5.75 Å². The van der Waals surface area contributed by atoms with Crippen molar-refractivity contribution in [2.45, 2.75) is 32.7 Å². The van der Waals surface area contributed by atoms with Gasteiger partial charge in [-0.25, -0.2) is 4.39 Å². The maximum Gasteiger partial charge on any atom is 0.290 e. The van der Waals surface area contributed by atoms with Gasteiger partial charge in [-0.1, -0.05) is 32.4 Å². The average molecular weight is 485 g/mol. The first-order valence-corrected chi connectivity index (χ1v) is 12.4. The summed E-state index contributed by atoms with van der Waals surface area (Å²) in [5.41, 5.74) is 1.02. The molecule has 180 valence electrons. The molecule has 2 amide bonds. The molecule has 8 heteroatoms. The van der Waals surface area contributed by atoms with E-state index in [0.717, 1.165) is 18.4 Å². The Balaban J connectivity index is 1.54. The fourth-order valence-electron chi connectivity index (χ4n) is 4.14. The molecule has 4 rings (SSSR count). The van der Waals surface area contributed by atoms with Gasteiger partial charge in [0.05, 0.1) is 12.3 Å². The Morgan fingerprint density at radius 1 is 1.26 bits per heavy atom. The van der Waals surface area contributed by atoms with Crippen LogP contribution < -0.4 is 4.74 Å². The van der Waals surface area contributed by atoms with E-state index in [1.165, 1.54) is 17.2 Å². The maximum atomic E-state index is 14.1. The molecule has 0 spiro atoms. The summed E-state index contributed by atoms with van der Waals surface area (Å²) in [6, 6.07) is 11.2. The molecule has 0 saturated carbocycles. The predicted octanol–water partition coefficient (Wildman–Crippen LogP) is 5.17. The van der Waals surface area contributed by atoms with Crippen LogP contribution in [0.25, 0.3) is 0 Å². The summed E-state index contributed by atoms with van der Waals surface area (Å²) in [5.74, 6) is -0.298. The van der Waals surface area contributed by atoms with E-state index in [1.807, 2.05) is 11.4 Å². The zero-order valence-electron chi connectivity index (χ0n) is 19.4. The summed E-state index contributed by atoms with van der Waals surface area (Å²) in [5, 5.41) is 2.00. The number of furan rings is 1. The van der Waals surface area contributed by atoms with Gasteiger partial charge in [-0.05, 0) is 53.6 Å². The van der Waals surface area contributed by atoms with E-state index < -0.39 is 5.82 Å². The van der Waals surface area contributed by atoms with E-state index >= 15 is 0 Å². The number of para-hydroxylation sites is 1. The Kier molecular flexibility index (Phi) is 7.67. The summed E-state index contributed by atoms with van der Waals surface area (Å²) < 4.78 is 25.2. The third-order valence-electron chi connectivity index (χ3n) is 6.22. The lowest BCUT2D eigenvalue weighted by molar-refractivity contribution is -0.135. The third-order valence-corrected chi connectivity index (χ3v) is 7.22. The second kappa shape index (κ2) is 10.9. The molecule has 0 saturated heterocycles. The van der Waals surface area contributed by atoms with Crippen LogP contribution in [0.5, 0.6) is 5.75 Å². The van der Waals surface area contributed by atoms with Crippen molar-refractivity contribution in [1.82, 2.24) is 9.80 Å². The second-order valence-electron chi connectivity index (χ2n) is 8.57. The first-order valence-electron chi connectivity index (χ1n) is 11.5. The van der Waals surface area contributed by atoms with Crippen LogP contribution in [0.4, 0.5) is 4.39 Å². The van der Waals surface area contributed by atoms with Crippen LogP contribution in [0, 0.1) is 11.7 Å². The van der Waals surface area contributed by atoms with Crippen LogP contribution in [0.1, 0.15) is 47.3 Å². The first kappa shape index (κ1) is 24.0. The summed E-state index contributed by atoms with van der Waals surface area (Å²) in [6.45, 7) is 5.16. The van der Waals surface area contributed by atoms with Gasteiger partial charge in [-0.2, -0.15) is 0 Å². The Morgan fingerprint density at radius 2 is 2.09 bits per heavy atom. The van der Waals surface area contributed by atoms with Gasteiger partial charge < -0.3 is 19.0 Å². The SMILES string of the molecule is CCC(C)CN(CC(=O)N1CCc2sccc2C1COc1ccccc1F)C(=O)c1ccco1. The molecule has 1 aromatic carbocycles. The fraction of sp³-hybridized carbons (Fsp3) is 0.385. The zero-order chi connectivity index (χ0) is 24.1. The van der Waals surface area contributed by atoms with Crippen LogP contribution in [0.3, 0.4) is 0 Å². The molecule has 3 heterocycles. The van der Waals surface area contributed by atoms with Gasteiger partial charge in [0.2, 0.25) is 5.91 Å². The minimum atomic E-state index is -0.439. The van der Waals surface area contributed by atoms with Crippen LogP contribution >= 0.6 is 11.3 Å². The van der Waals surface area contributed by atoms with E-state index in [-0.39, 0.29) is 48.4 Å². The average Bonchev–Trinajstić information content (AvgIpc) is 3.54. The molecular formula is C26H29FN2O4S. The number of carbonyl (C=O) groups is 2. The highest BCUT2D eigenvalue weighted by Crippen LogP contribution is 2.34. The van der Waals surface area contributed by atoms with E-state index in [4.69, 9.17) is 9.15 Å². The first-order chi connectivity index (χ1) is 16.5. The molecule has 2 aromatic heterocycles. The van der Waals surface area contributed by atoms with Crippen molar-refractivity contribution in [3.05, 3.63) is 76.1 Å². The number of amides is 2. The summed E-state index contributed by atoms with van der Waals surface area (Å²) in [6.07, 6.45) is 3.08. The molecule has 2 unspecified atom stereocenters.